The summed E-state index contributed by atoms with van der Waals surface area (Å²) in [6.07, 6.45) is 0. The lowest BCUT2D eigenvalue weighted by Crippen LogP contribution is -2.43. The van der Waals surface area contributed by atoms with Crippen LogP contribution in [0.3, 0.4) is 0 Å². The second-order valence-electron chi connectivity index (χ2n) is 4.22. The van der Waals surface area contributed by atoms with Crippen LogP contribution >= 0.6 is 11.8 Å². The number of thioether (sulfide) groups is 1. The largest absolute Gasteiger partial charge is 0.480 e. The molecule has 102 valence electrons. The van der Waals surface area contributed by atoms with E-state index in [4.69, 9.17) is 5.11 Å². The summed E-state index contributed by atoms with van der Waals surface area (Å²) in [6.45, 7) is 1.62. The van der Waals surface area contributed by atoms with E-state index in [0.29, 0.717) is 22.9 Å². The molecule has 0 bridgehead atoms. The fraction of sp³-hybridized carbons (Fsp3) is 0.333. The predicted octanol–water partition coefficient (Wildman–Crippen LogP) is 2.13. The lowest BCUT2D eigenvalue weighted by Gasteiger charge is -2.20. The molecule has 0 aliphatic carbocycles. The molecule has 7 heteroatoms. The van der Waals surface area contributed by atoms with E-state index < -0.39 is 23.9 Å². The molecular weight excluding hydrogens is 271 g/mol. The number of carboxylic acid groups (broad SMARTS) is 1. The maximum absolute atomic E-state index is 13.3. The zero-order valence-electron chi connectivity index (χ0n) is 10.2. The van der Waals surface area contributed by atoms with Crippen LogP contribution in [0.25, 0.3) is 0 Å². The van der Waals surface area contributed by atoms with Gasteiger partial charge in [-0.05, 0) is 24.6 Å². The number of nitrogens with one attached hydrogen (secondary N) is 1. The molecule has 0 saturated carbocycles. The molecule has 1 aromatic carbocycles. The van der Waals surface area contributed by atoms with Gasteiger partial charge < -0.3 is 15.3 Å². The minimum Gasteiger partial charge on any atom is -0.480 e. The number of rotatable bonds is 2. The quantitative estimate of drug-likeness (QED) is 0.873. The number of hydrogen-bond donors (Lipinski definition) is 2. The molecule has 1 aliphatic rings. The van der Waals surface area contributed by atoms with Crippen molar-refractivity contribution >= 4 is 29.4 Å². The van der Waals surface area contributed by atoms with Crippen LogP contribution < -0.4 is 5.32 Å². The fourth-order valence-electron chi connectivity index (χ4n) is 1.71. The van der Waals surface area contributed by atoms with Crippen molar-refractivity contribution in [1.29, 1.82) is 0 Å². The van der Waals surface area contributed by atoms with Crippen LogP contribution in [0.1, 0.15) is 5.56 Å². The Morgan fingerprint density at radius 1 is 1.53 bits per heavy atom. The molecule has 1 fully saturated rings. The van der Waals surface area contributed by atoms with Gasteiger partial charge in [0.2, 0.25) is 0 Å². The minimum atomic E-state index is -1.03. The van der Waals surface area contributed by atoms with Gasteiger partial charge in [0, 0.05) is 11.4 Å². The first-order valence-corrected chi connectivity index (χ1v) is 6.79. The molecule has 1 heterocycles. The molecule has 0 spiro atoms. The van der Waals surface area contributed by atoms with Crippen molar-refractivity contribution in [3.8, 4) is 0 Å². The van der Waals surface area contributed by atoms with Crippen molar-refractivity contribution in [2.45, 2.75) is 13.0 Å². The van der Waals surface area contributed by atoms with E-state index in [1.807, 2.05) is 0 Å². The van der Waals surface area contributed by atoms with Crippen LogP contribution in [-0.4, -0.2) is 39.7 Å². The highest BCUT2D eigenvalue weighted by Gasteiger charge is 2.34. The van der Waals surface area contributed by atoms with Crippen LogP contribution in [0, 0.1) is 12.7 Å². The molecule has 1 aromatic rings. The summed E-state index contributed by atoms with van der Waals surface area (Å²) in [7, 11) is 0. The van der Waals surface area contributed by atoms with Crippen molar-refractivity contribution in [2.75, 3.05) is 16.9 Å². The van der Waals surface area contributed by atoms with E-state index in [2.05, 4.69) is 5.32 Å². The molecule has 1 aliphatic heterocycles. The lowest BCUT2D eigenvalue weighted by atomic mass is 10.2. The van der Waals surface area contributed by atoms with Crippen LogP contribution in [-0.2, 0) is 4.79 Å². The molecule has 19 heavy (non-hydrogen) atoms. The molecule has 0 aromatic heterocycles. The molecule has 2 N–H and O–H groups in total. The average molecular weight is 284 g/mol. The number of urea groups is 1. The second kappa shape index (κ2) is 5.48. The molecule has 2 rings (SSSR count). The number of carbonyl (C=O) groups is 2. The number of amides is 2. The van der Waals surface area contributed by atoms with Gasteiger partial charge in [-0.1, -0.05) is 6.07 Å². The Bertz CT molecular complexity index is 524. The number of hydrogen-bond acceptors (Lipinski definition) is 3. The van der Waals surface area contributed by atoms with Crippen molar-refractivity contribution < 1.29 is 19.1 Å². The summed E-state index contributed by atoms with van der Waals surface area (Å²) in [4.78, 5) is 24.1. The van der Waals surface area contributed by atoms with Crippen LogP contribution in [0.5, 0.6) is 0 Å². The third-order valence-electron chi connectivity index (χ3n) is 2.85. The molecule has 1 atom stereocenters. The van der Waals surface area contributed by atoms with Gasteiger partial charge in [0.25, 0.3) is 0 Å². The summed E-state index contributed by atoms with van der Waals surface area (Å²) >= 11 is 1.37. The maximum atomic E-state index is 13.3. The first-order valence-electron chi connectivity index (χ1n) is 5.63. The Morgan fingerprint density at radius 2 is 2.26 bits per heavy atom. The van der Waals surface area contributed by atoms with Crippen LogP contribution in [0.2, 0.25) is 0 Å². The predicted molar refractivity (Wildman–Crippen MR) is 70.7 cm³/mol. The van der Waals surface area contributed by atoms with Crippen molar-refractivity contribution in [3.63, 3.8) is 0 Å². The number of benzene rings is 1. The molecule has 1 saturated heterocycles. The fourth-order valence-corrected chi connectivity index (χ4v) is 2.86. The van der Waals surface area contributed by atoms with Gasteiger partial charge in [-0.2, -0.15) is 0 Å². The van der Waals surface area contributed by atoms with E-state index in [1.165, 1.54) is 22.7 Å². The Labute approximate surface area is 113 Å². The summed E-state index contributed by atoms with van der Waals surface area (Å²) in [6, 6.07) is 2.99. The van der Waals surface area contributed by atoms with E-state index in [1.54, 1.807) is 19.1 Å². The first-order chi connectivity index (χ1) is 8.99. The number of carboxylic acids is 1. The number of aryl methyl sites for hydroxylation is 1. The zero-order chi connectivity index (χ0) is 14.0. The van der Waals surface area contributed by atoms with Crippen molar-refractivity contribution in [3.05, 3.63) is 29.6 Å². The van der Waals surface area contributed by atoms with Gasteiger partial charge in [-0.3, -0.25) is 0 Å². The number of anilines is 1. The van der Waals surface area contributed by atoms with E-state index in [9.17, 15) is 14.0 Å². The Balaban J connectivity index is 2.08. The Morgan fingerprint density at radius 3 is 2.89 bits per heavy atom. The van der Waals surface area contributed by atoms with Gasteiger partial charge in [-0.25, -0.2) is 14.0 Å². The van der Waals surface area contributed by atoms with Gasteiger partial charge in [0.1, 0.15) is 11.9 Å². The Kier molecular flexibility index (Phi) is 3.94. The summed E-state index contributed by atoms with van der Waals surface area (Å²) in [5, 5.41) is 11.5. The monoisotopic (exact) mass is 284 g/mol. The highest BCUT2D eigenvalue weighted by molar-refractivity contribution is 7.99. The molecule has 5 nitrogen and oxygen atoms in total. The maximum Gasteiger partial charge on any atom is 0.327 e. The number of aliphatic carboxylic acids is 1. The standard InChI is InChI=1S/C12H13FN2O3S/c1-7-2-3-8(4-9(7)13)14-12(18)15-6-19-5-10(15)11(16)17/h2-4,10H,5-6H2,1H3,(H,14,18)(H,16,17). The van der Waals surface area contributed by atoms with Crippen molar-refractivity contribution in [2.24, 2.45) is 0 Å². The smallest absolute Gasteiger partial charge is 0.327 e. The zero-order valence-corrected chi connectivity index (χ0v) is 11.0. The van der Waals surface area contributed by atoms with Gasteiger partial charge >= 0.3 is 12.0 Å². The second-order valence-corrected chi connectivity index (χ2v) is 5.22. The highest BCUT2D eigenvalue weighted by Crippen LogP contribution is 2.22. The molecular formula is C12H13FN2O3S. The number of nitrogens with zero attached hydrogens (tertiary/aromatic N) is 1. The minimum absolute atomic E-state index is 0.314. The highest BCUT2D eigenvalue weighted by atomic mass is 32.2. The molecule has 0 radical (unpaired) electrons. The SMILES string of the molecule is Cc1ccc(NC(=O)N2CSCC2C(=O)O)cc1F. The summed E-state index contributed by atoms with van der Waals surface area (Å²) < 4.78 is 13.3. The Hall–Kier alpha value is -1.76. The molecule has 2 amide bonds. The molecule has 1 unspecified atom stereocenters. The first kappa shape index (κ1) is 13.7. The van der Waals surface area contributed by atoms with Crippen LogP contribution in [0.4, 0.5) is 14.9 Å². The number of carbonyl (C=O) groups excluding carboxylic acids is 1. The normalized spacial score (nSPS) is 18.4. The van der Waals surface area contributed by atoms with Crippen LogP contribution in [0.15, 0.2) is 18.2 Å². The lowest BCUT2D eigenvalue weighted by molar-refractivity contribution is -0.140. The average Bonchev–Trinajstić information content (AvgIpc) is 2.83. The van der Waals surface area contributed by atoms with Gasteiger partial charge in [0.15, 0.2) is 0 Å². The van der Waals surface area contributed by atoms with E-state index >= 15 is 0 Å². The topological polar surface area (TPSA) is 69.6 Å². The summed E-state index contributed by atoms with van der Waals surface area (Å²) in [5.41, 5.74) is 0.798. The van der Waals surface area contributed by atoms with E-state index in [-0.39, 0.29) is 0 Å². The van der Waals surface area contributed by atoms with Gasteiger partial charge in [0.05, 0.1) is 5.88 Å². The summed E-state index contributed by atoms with van der Waals surface area (Å²) in [5.74, 6) is -0.763. The number of halogens is 1. The third-order valence-corrected chi connectivity index (χ3v) is 3.86. The third kappa shape index (κ3) is 2.98. The van der Waals surface area contributed by atoms with Gasteiger partial charge in [-0.15, -0.1) is 11.8 Å². The van der Waals surface area contributed by atoms with Crippen molar-refractivity contribution in [1.82, 2.24) is 4.90 Å². The van der Waals surface area contributed by atoms with E-state index in [0.717, 1.165) is 0 Å².